The van der Waals surface area contributed by atoms with Crippen LogP contribution in [0.15, 0.2) is 24.8 Å². The van der Waals surface area contributed by atoms with Crippen LogP contribution in [0.5, 0.6) is 5.75 Å². The van der Waals surface area contributed by atoms with Gasteiger partial charge in [0, 0.05) is 0 Å². The number of rotatable bonds is 7. The zero-order chi connectivity index (χ0) is 16.9. The zero-order valence-electron chi connectivity index (χ0n) is 13.4. The van der Waals surface area contributed by atoms with Gasteiger partial charge >= 0.3 is 11.9 Å². The second-order valence-electron chi connectivity index (χ2n) is 5.48. The first-order chi connectivity index (χ1) is 10.2. The summed E-state index contributed by atoms with van der Waals surface area (Å²) < 4.78 is 10.4. The average Bonchev–Trinajstić information content (AvgIpc) is 2.37. The molecule has 1 N–H and O–H groups in total. The summed E-state index contributed by atoms with van der Waals surface area (Å²) in [5.74, 6) is -0.905. The third kappa shape index (κ3) is 4.62. The van der Waals surface area contributed by atoms with E-state index in [2.05, 4.69) is 6.58 Å². The Labute approximate surface area is 130 Å². The molecule has 0 saturated heterocycles. The number of carbonyl (C=O) groups is 2. The van der Waals surface area contributed by atoms with Gasteiger partial charge in [0.05, 0.1) is 13.0 Å². The second kappa shape index (κ2) is 7.11. The molecule has 1 rings (SSSR count). The molecule has 0 atom stereocenters. The lowest BCUT2D eigenvalue weighted by Gasteiger charge is -2.22. The molecule has 5 nitrogen and oxygen atoms in total. The number of benzene rings is 1. The number of aliphatic carboxylic acids is 1. The molecular formula is C17H22O5. The normalized spacial score (nSPS) is 10.9. The van der Waals surface area contributed by atoms with Crippen LogP contribution in [0.3, 0.4) is 0 Å². The minimum absolute atomic E-state index is 0.121. The van der Waals surface area contributed by atoms with Crippen LogP contribution in [0.25, 0.3) is 5.57 Å². The third-order valence-corrected chi connectivity index (χ3v) is 3.13. The number of hydrogen-bond acceptors (Lipinski definition) is 4. The molecule has 0 amide bonds. The van der Waals surface area contributed by atoms with Crippen LogP contribution in [0, 0.1) is 6.92 Å². The molecular weight excluding hydrogens is 284 g/mol. The average molecular weight is 306 g/mol. The smallest absolute Gasteiger partial charge is 0.347 e. The van der Waals surface area contributed by atoms with Crippen molar-refractivity contribution in [3.63, 3.8) is 0 Å². The van der Waals surface area contributed by atoms with Gasteiger partial charge in [-0.25, -0.2) is 4.79 Å². The first kappa shape index (κ1) is 17.8. The molecule has 0 aliphatic heterocycles. The molecule has 5 heteroatoms. The Kier molecular flexibility index (Phi) is 5.74. The standard InChI is InChI=1S/C17H22O5/c1-6-21-15(18)10-12(3)14-8-7-13(9-11(14)2)22-17(4,5)16(19)20/h7-9H,3,6,10H2,1-2,4-5H3,(H,19,20). The van der Waals surface area contributed by atoms with Crippen molar-refractivity contribution in [2.24, 2.45) is 0 Å². The quantitative estimate of drug-likeness (QED) is 0.783. The van der Waals surface area contributed by atoms with Crippen LogP contribution in [0.4, 0.5) is 0 Å². The lowest BCUT2D eigenvalue weighted by Crippen LogP contribution is -2.37. The number of carbonyl (C=O) groups excluding carboxylic acids is 1. The molecule has 1 aromatic carbocycles. The Morgan fingerprint density at radius 1 is 1.32 bits per heavy atom. The van der Waals surface area contributed by atoms with Gasteiger partial charge in [-0.1, -0.05) is 12.6 Å². The van der Waals surface area contributed by atoms with Gasteiger partial charge in [0.1, 0.15) is 5.75 Å². The molecule has 22 heavy (non-hydrogen) atoms. The lowest BCUT2D eigenvalue weighted by atomic mass is 9.99. The van der Waals surface area contributed by atoms with Gasteiger partial charge in [-0.2, -0.15) is 0 Å². The summed E-state index contributed by atoms with van der Waals surface area (Å²) in [5, 5.41) is 9.07. The van der Waals surface area contributed by atoms with Gasteiger partial charge in [-0.05, 0) is 56.5 Å². The maximum atomic E-state index is 11.5. The van der Waals surface area contributed by atoms with Crippen LogP contribution in [0.2, 0.25) is 0 Å². The van der Waals surface area contributed by atoms with E-state index in [4.69, 9.17) is 14.6 Å². The van der Waals surface area contributed by atoms with E-state index >= 15 is 0 Å². The molecule has 0 aliphatic carbocycles. The Hall–Kier alpha value is -2.30. The SMILES string of the molecule is C=C(CC(=O)OCC)c1ccc(OC(C)(C)C(=O)O)cc1C. The van der Waals surface area contributed by atoms with Crippen LogP contribution >= 0.6 is 0 Å². The predicted molar refractivity (Wildman–Crippen MR) is 83.8 cm³/mol. The summed E-state index contributed by atoms with van der Waals surface area (Å²) >= 11 is 0. The van der Waals surface area contributed by atoms with Crippen molar-refractivity contribution in [1.29, 1.82) is 0 Å². The van der Waals surface area contributed by atoms with Crippen molar-refractivity contribution in [3.05, 3.63) is 35.9 Å². The number of ether oxygens (including phenoxy) is 2. The van der Waals surface area contributed by atoms with Crippen LogP contribution in [-0.2, 0) is 14.3 Å². The van der Waals surface area contributed by atoms with Crippen molar-refractivity contribution in [2.45, 2.75) is 39.7 Å². The molecule has 0 aromatic heterocycles. The van der Waals surface area contributed by atoms with Gasteiger partial charge in [0.15, 0.2) is 5.60 Å². The molecule has 0 bridgehead atoms. The highest BCUT2D eigenvalue weighted by Crippen LogP contribution is 2.27. The van der Waals surface area contributed by atoms with E-state index in [0.717, 1.165) is 11.1 Å². The fourth-order valence-corrected chi connectivity index (χ4v) is 1.92. The number of aryl methyl sites for hydroxylation is 1. The highest BCUT2D eigenvalue weighted by atomic mass is 16.5. The van der Waals surface area contributed by atoms with E-state index < -0.39 is 11.6 Å². The number of carboxylic acids is 1. The predicted octanol–water partition coefficient (Wildman–Crippen LogP) is 3.20. The molecule has 0 fully saturated rings. The molecule has 0 unspecified atom stereocenters. The molecule has 0 aliphatic rings. The van der Waals surface area contributed by atoms with Crippen molar-refractivity contribution < 1.29 is 24.2 Å². The van der Waals surface area contributed by atoms with E-state index in [1.165, 1.54) is 13.8 Å². The number of carboxylic acid groups (broad SMARTS) is 1. The largest absolute Gasteiger partial charge is 0.478 e. The Balaban J connectivity index is 2.88. The first-order valence-corrected chi connectivity index (χ1v) is 7.04. The van der Waals surface area contributed by atoms with E-state index in [1.54, 1.807) is 25.1 Å². The molecule has 0 radical (unpaired) electrons. The summed E-state index contributed by atoms with van der Waals surface area (Å²) in [6.07, 6.45) is 0.121. The van der Waals surface area contributed by atoms with Crippen LogP contribution in [-0.4, -0.2) is 29.3 Å². The number of esters is 1. The van der Waals surface area contributed by atoms with Gasteiger partial charge in [-0.3, -0.25) is 4.79 Å². The Bertz CT molecular complexity index is 587. The van der Waals surface area contributed by atoms with E-state index in [-0.39, 0.29) is 12.4 Å². The van der Waals surface area contributed by atoms with E-state index in [0.29, 0.717) is 17.9 Å². The minimum atomic E-state index is -1.31. The Morgan fingerprint density at radius 2 is 1.95 bits per heavy atom. The van der Waals surface area contributed by atoms with Gasteiger partial charge in [0.2, 0.25) is 0 Å². The van der Waals surface area contributed by atoms with Crippen LogP contribution in [0.1, 0.15) is 38.3 Å². The highest BCUT2D eigenvalue weighted by Gasteiger charge is 2.29. The number of hydrogen-bond donors (Lipinski definition) is 1. The van der Waals surface area contributed by atoms with Crippen molar-refractivity contribution in [1.82, 2.24) is 0 Å². The van der Waals surface area contributed by atoms with Crippen molar-refractivity contribution in [3.8, 4) is 5.75 Å². The van der Waals surface area contributed by atoms with Crippen molar-refractivity contribution >= 4 is 17.5 Å². The van der Waals surface area contributed by atoms with Gasteiger partial charge in [-0.15, -0.1) is 0 Å². The molecule has 0 spiro atoms. The van der Waals surface area contributed by atoms with Gasteiger partial charge < -0.3 is 14.6 Å². The van der Waals surface area contributed by atoms with E-state index in [1.807, 2.05) is 6.92 Å². The summed E-state index contributed by atoms with van der Waals surface area (Å²) in [6, 6.07) is 5.17. The maximum Gasteiger partial charge on any atom is 0.347 e. The third-order valence-electron chi connectivity index (χ3n) is 3.13. The molecule has 120 valence electrons. The fraction of sp³-hybridized carbons (Fsp3) is 0.412. The Morgan fingerprint density at radius 3 is 2.45 bits per heavy atom. The van der Waals surface area contributed by atoms with E-state index in [9.17, 15) is 9.59 Å². The molecule has 0 saturated carbocycles. The minimum Gasteiger partial charge on any atom is -0.478 e. The molecule has 0 heterocycles. The molecule has 1 aromatic rings. The monoisotopic (exact) mass is 306 g/mol. The zero-order valence-corrected chi connectivity index (χ0v) is 13.4. The fourth-order valence-electron chi connectivity index (χ4n) is 1.92. The highest BCUT2D eigenvalue weighted by molar-refractivity contribution is 5.85. The topological polar surface area (TPSA) is 72.8 Å². The van der Waals surface area contributed by atoms with Crippen LogP contribution < -0.4 is 4.74 Å². The maximum absolute atomic E-state index is 11.5. The second-order valence-corrected chi connectivity index (χ2v) is 5.48. The van der Waals surface area contributed by atoms with Gasteiger partial charge in [0.25, 0.3) is 0 Å². The summed E-state index contributed by atoms with van der Waals surface area (Å²) in [7, 11) is 0. The summed E-state index contributed by atoms with van der Waals surface area (Å²) in [6.45, 7) is 10.8. The first-order valence-electron chi connectivity index (χ1n) is 7.04. The van der Waals surface area contributed by atoms with Crippen molar-refractivity contribution in [2.75, 3.05) is 6.61 Å². The lowest BCUT2D eigenvalue weighted by molar-refractivity contribution is -0.152. The summed E-state index contributed by atoms with van der Waals surface area (Å²) in [4.78, 5) is 22.6. The summed E-state index contributed by atoms with van der Waals surface area (Å²) in [5.41, 5.74) is 1.03.